The van der Waals surface area contributed by atoms with Gasteiger partial charge in [0.05, 0.1) is 6.42 Å². The van der Waals surface area contributed by atoms with Crippen molar-refractivity contribution in [2.75, 3.05) is 19.6 Å². The normalized spacial score (nSPS) is 26.7. The van der Waals surface area contributed by atoms with Gasteiger partial charge in [0, 0.05) is 31.7 Å². The Bertz CT molecular complexity index is 517. The summed E-state index contributed by atoms with van der Waals surface area (Å²) in [7, 11) is 0. The van der Waals surface area contributed by atoms with Crippen molar-refractivity contribution in [2.24, 2.45) is 0 Å². The molecule has 1 aromatic rings. The summed E-state index contributed by atoms with van der Waals surface area (Å²) in [5, 5.41) is 9.05. The highest BCUT2D eigenvalue weighted by atomic mass is 16.4. The minimum absolute atomic E-state index is 0.119. The molecular weight excluding hydrogens is 264 g/mol. The molecule has 0 radical (unpaired) electrons. The van der Waals surface area contributed by atoms with Gasteiger partial charge in [0.2, 0.25) is 0 Å². The third kappa shape index (κ3) is 3.27. The monoisotopic (exact) mass is 288 g/mol. The first-order valence-electron chi connectivity index (χ1n) is 7.90. The van der Waals surface area contributed by atoms with Crippen LogP contribution < -0.4 is 0 Å². The number of fused-ring (bicyclic) bond motifs is 1. The smallest absolute Gasteiger partial charge is 0.307 e. The molecule has 2 atom stereocenters. The van der Waals surface area contributed by atoms with Gasteiger partial charge in [-0.05, 0) is 37.4 Å². The third-order valence-electron chi connectivity index (χ3n) is 4.90. The van der Waals surface area contributed by atoms with Gasteiger partial charge in [-0.15, -0.1) is 0 Å². The third-order valence-corrected chi connectivity index (χ3v) is 4.90. The summed E-state index contributed by atoms with van der Waals surface area (Å²) in [6.45, 7) is 6.66. The van der Waals surface area contributed by atoms with Crippen LogP contribution in [0.3, 0.4) is 0 Å². The quantitative estimate of drug-likeness (QED) is 0.920. The molecule has 2 aliphatic rings. The van der Waals surface area contributed by atoms with Crippen LogP contribution in [0.2, 0.25) is 0 Å². The summed E-state index contributed by atoms with van der Waals surface area (Å²) in [6.07, 6.45) is 2.74. The van der Waals surface area contributed by atoms with E-state index in [4.69, 9.17) is 5.11 Å². The van der Waals surface area contributed by atoms with Crippen LogP contribution in [0, 0.1) is 0 Å². The van der Waals surface area contributed by atoms with Crippen LogP contribution >= 0.6 is 0 Å². The molecule has 2 aliphatic heterocycles. The fraction of sp³-hybridized carbons (Fsp3) is 0.588. The second-order valence-corrected chi connectivity index (χ2v) is 6.41. The van der Waals surface area contributed by atoms with Crippen molar-refractivity contribution in [1.82, 2.24) is 9.80 Å². The zero-order chi connectivity index (χ0) is 14.8. The Morgan fingerprint density at radius 1 is 1.29 bits per heavy atom. The summed E-state index contributed by atoms with van der Waals surface area (Å²) >= 11 is 0. The second kappa shape index (κ2) is 6.16. The summed E-state index contributed by atoms with van der Waals surface area (Å²) < 4.78 is 0. The van der Waals surface area contributed by atoms with Crippen LogP contribution in [0.25, 0.3) is 0 Å². The van der Waals surface area contributed by atoms with E-state index < -0.39 is 5.97 Å². The highest BCUT2D eigenvalue weighted by Gasteiger charge is 2.34. The number of carbonyl (C=O) groups is 1. The Labute approximate surface area is 126 Å². The summed E-state index contributed by atoms with van der Waals surface area (Å²) in [4.78, 5) is 16.1. The Kier molecular flexibility index (Phi) is 4.27. The van der Waals surface area contributed by atoms with Gasteiger partial charge in [0.15, 0.2) is 0 Å². The fourth-order valence-corrected chi connectivity index (χ4v) is 3.73. The van der Waals surface area contributed by atoms with Crippen LogP contribution in [-0.4, -0.2) is 52.6 Å². The molecule has 3 rings (SSSR count). The largest absolute Gasteiger partial charge is 0.481 e. The molecule has 0 bridgehead atoms. The van der Waals surface area contributed by atoms with E-state index in [2.05, 4.69) is 22.8 Å². The number of hydrogen-bond acceptors (Lipinski definition) is 3. The Balaban J connectivity index is 1.72. The fourth-order valence-electron chi connectivity index (χ4n) is 3.73. The number of piperazine rings is 1. The first-order valence-corrected chi connectivity index (χ1v) is 7.90. The van der Waals surface area contributed by atoms with Crippen LogP contribution in [0.4, 0.5) is 0 Å². The summed E-state index contributed by atoms with van der Waals surface area (Å²) in [5.41, 5.74) is 2.12. The Morgan fingerprint density at radius 2 is 2.05 bits per heavy atom. The first kappa shape index (κ1) is 14.5. The van der Waals surface area contributed by atoms with Crippen LogP contribution in [0.5, 0.6) is 0 Å². The number of benzene rings is 1. The molecule has 0 amide bonds. The van der Waals surface area contributed by atoms with Crippen molar-refractivity contribution in [3.63, 3.8) is 0 Å². The number of nitrogens with zero attached hydrogens (tertiary/aromatic N) is 2. The Hall–Kier alpha value is -1.39. The minimum Gasteiger partial charge on any atom is -0.481 e. The molecule has 4 heteroatoms. The molecule has 2 saturated heterocycles. The van der Waals surface area contributed by atoms with Gasteiger partial charge in [0.1, 0.15) is 0 Å². The summed E-state index contributed by atoms with van der Waals surface area (Å²) in [6, 6.07) is 9.20. The van der Waals surface area contributed by atoms with E-state index in [0.717, 1.165) is 30.8 Å². The lowest BCUT2D eigenvalue weighted by molar-refractivity contribution is -0.136. The maximum absolute atomic E-state index is 11.0. The minimum atomic E-state index is -0.754. The molecule has 0 spiro atoms. The molecule has 2 fully saturated rings. The molecule has 114 valence electrons. The van der Waals surface area contributed by atoms with Crippen molar-refractivity contribution in [2.45, 2.75) is 44.8 Å². The molecule has 1 N–H and O–H groups in total. The van der Waals surface area contributed by atoms with Crippen molar-refractivity contribution in [1.29, 1.82) is 0 Å². The lowest BCUT2D eigenvalue weighted by Crippen LogP contribution is -2.54. The molecule has 0 aromatic heterocycles. The van der Waals surface area contributed by atoms with Crippen molar-refractivity contribution < 1.29 is 9.90 Å². The zero-order valence-electron chi connectivity index (χ0n) is 12.7. The van der Waals surface area contributed by atoms with Gasteiger partial charge in [0.25, 0.3) is 0 Å². The van der Waals surface area contributed by atoms with Crippen LogP contribution in [-0.2, 0) is 17.8 Å². The zero-order valence-corrected chi connectivity index (χ0v) is 12.7. The molecule has 2 heterocycles. The van der Waals surface area contributed by atoms with E-state index in [9.17, 15) is 4.79 Å². The molecule has 2 unspecified atom stereocenters. The molecule has 1 aromatic carbocycles. The van der Waals surface area contributed by atoms with E-state index in [-0.39, 0.29) is 6.42 Å². The predicted molar refractivity (Wildman–Crippen MR) is 82.2 cm³/mol. The highest BCUT2D eigenvalue weighted by molar-refractivity contribution is 5.70. The van der Waals surface area contributed by atoms with Crippen molar-refractivity contribution >= 4 is 5.97 Å². The first-order chi connectivity index (χ1) is 10.1. The number of aliphatic carboxylic acids is 1. The van der Waals surface area contributed by atoms with Gasteiger partial charge in [-0.3, -0.25) is 14.6 Å². The van der Waals surface area contributed by atoms with Gasteiger partial charge in [-0.2, -0.15) is 0 Å². The maximum atomic E-state index is 11.0. The average molecular weight is 288 g/mol. The van der Waals surface area contributed by atoms with E-state index in [0.29, 0.717) is 12.1 Å². The highest BCUT2D eigenvalue weighted by Crippen LogP contribution is 2.26. The standard InChI is InChI=1S/C17H24N2O2/c1-13-10-18-8-4-7-16(18)12-19(13)11-15-6-3-2-5-14(15)9-17(20)21/h2-3,5-6,13,16H,4,7-12H2,1H3,(H,20,21). The van der Waals surface area contributed by atoms with E-state index in [1.807, 2.05) is 18.2 Å². The lowest BCUT2D eigenvalue weighted by atomic mass is 10.0. The van der Waals surface area contributed by atoms with Crippen molar-refractivity contribution in [3.8, 4) is 0 Å². The van der Waals surface area contributed by atoms with Crippen LogP contribution in [0.15, 0.2) is 24.3 Å². The number of rotatable bonds is 4. The molecule has 0 saturated carbocycles. The molecule has 4 nitrogen and oxygen atoms in total. The maximum Gasteiger partial charge on any atom is 0.307 e. The number of carboxylic acids is 1. The van der Waals surface area contributed by atoms with E-state index in [1.165, 1.54) is 19.4 Å². The van der Waals surface area contributed by atoms with Gasteiger partial charge < -0.3 is 5.11 Å². The molecule has 0 aliphatic carbocycles. The summed E-state index contributed by atoms with van der Waals surface area (Å²) in [5.74, 6) is -0.754. The molecule has 21 heavy (non-hydrogen) atoms. The van der Waals surface area contributed by atoms with E-state index >= 15 is 0 Å². The topological polar surface area (TPSA) is 43.8 Å². The van der Waals surface area contributed by atoms with Gasteiger partial charge in [-0.1, -0.05) is 24.3 Å². The number of carboxylic acid groups (broad SMARTS) is 1. The Morgan fingerprint density at radius 3 is 2.81 bits per heavy atom. The molecular formula is C17H24N2O2. The van der Waals surface area contributed by atoms with Gasteiger partial charge in [-0.25, -0.2) is 0 Å². The van der Waals surface area contributed by atoms with Crippen molar-refractivity contribution in [3.05, 3.63) is 35.4 Å². The SMILES string of the molecule is CC1CN2CCCC2CN1Cc1ccccc1CC(=O)O. The van der Waals surface area contributed by atoms with Crippen LogP contribution in [0.1, 0.15) is 30.9 Å². The van der Waals surface area contributed by atoms with Gasteiger partial charge >= 0.3 is 5.97 Å². The second-order valence-electron chi connectivity index (χ2n) is 6.41. The average Bonchev–Trinajstić information content (AvgIpc) is 2.88. The van der Waals surface area contributed by atoms with E-state index in [1.54, 1.807) is 0 Å². The predicted octanol–water partition coefficient (Wildman–Crippen LogP) is 1.98. The lowest BCUT2D eigenvalue weighted by Gasteiger charge is -2.42. The number of hydrogen-bond donors (Lipinski definition) is 1.